The van der Waals surface area contributed by atoms with Crippen LogP contribution >= 0.6 is 0 Å². The van der Waals surface area contributed by atoms with Gasteiger partial charge in [-0.3, -0.25) is 0 Å². The van der Waals surface area contributed by atoms with E-state index in [2.05, 4.69) is 0 Å². The minimum Gasteiger partial charge on any atom is -0.852 e. The van der Waals surface area contributed by atoms with Crippen LogP contribution in [0.3, 0.4) is 0 Å². The van der Waals surface area contributed by atoms with E-state index < -0.39 is 18.3 Å². The normalized spacial score (nSPS) is 8.33. The third-order valence-electron chi connectivity index (χ3n) is 0.408. The van der Waals surface area contributed by atoms with Gasteiger partial charge in [-0.25, -0.2) is 0 Å². The van der Waals surface area contributed by atoms with Gasteiger partial charge in [0, 0.05) is 13.2 Å². The molecule has 0 saturated carbocycles. The SMILES string of the molecule is CC(C)[O-].CC(C)[O-].CC(C)[O-].CCOCC.[Al+3]. The van der Waals surface area contributed by atoms with Crippen molar-refractivity contribution in [2.24, 2.45) is 0 Å². The molecule has 0 bridgehead atoms. The summed E-state index contributed by atoms with van der Waals surface area (Å²) < 4.78 is 4.83. The molecule has 0 aliphatic heterocycles. The molecule has 0 N–H and O–H groups in total. The molecule has 5 heteroatoms. The van der Waals surface area contributed by atoms with Crippen LogP contribution in [0.2, 0.25) is 0 Å². The van der Waals surface area contributed by atoms with E-state index in [-0.39, 0.29) is 17.4 Å². The maximum atomic E-state index is 9.53. The van der Waals surface area contributed by atoms with Gasteiger partial charge in [-0.1, -0.05) is 41.5 Å². The fraction of sp³-hybridized carbons (Fsp3) is 1.00. The molecular formula is C13H31AlO4. The first-order chi connectivity index (χ1) is 7.61. The fourth-order valence-corrected chi connectivity index (χ4v) is 0.204. The summed E-state index contributed by atoms with van der Waals surface area (Å²) in [5.74, 6) is 0. The second-order valence-electron chi connectivity index (χ2n) is 3.93. The summed E-state index contributed by atoms with van der Waals surface area (Å²) in [7, 11) is 0. The Kier molecular flexibility index (Phi) is 52.4. The number of hydrogen-bond donors (Lipinski definition) is 0. The molecule has 0 atom stereocenters. The fourth-order valence-electron chi connectivity index (χ4n) is 0.204. The van der Waals surface area contributed by atoms with E-state index in [1.807, 2.05) is 13.8 Å². The van der Waals surface area contributed by atoms with Gasteiger partial charge in [-0.05, 0) is 13.8 Å². The Bertz CT molecular complexity index is 74.5. The van der Waals surface area contributed by atoms with Crippen LogP contribution in [0.1, 0.15) is 55.4 Å². The summed E-state index contributed by atoms with van der Waals surface area (Å²) >= 11 is 0. The molecule has 0 fully saturated rings. The molecule has 0 heterocycles. The molecule has 0 aliphatic carbocycles. The first-order valence-electron chi connectivity index (χ1n) is 6.16. The number of hydrogen-bond acceptors (Lipinski definition) is 4. The molecule has 0 spiro atoms. The monoisotopic (exact) mass is 278 g/mol. The average Bonchev–Trinajstić information content (AvgIpc) is 2.01. The van der Waals surface area contributed by atoms with E-state index in [0.717, 1.165) is 13.2 Å². The van der Waals surface area contributed by atoms with Crippen molar-refractivity contribution in [1.29, 1.82) is 0 Å². The van der Waals surface area contributed by atoms with Crippen LogP contribution in [0.25, 0.3) is 0 Å². The van der Waals surface area contributed by atoms with Gasteiger partial charge < -0.3 is 20.1 Å². The van der Waals surface area contributed by atoms with Crippen molar-refractivity contribution >= 4 is 17.4 Å². The molecule has 18 heavy (non-hydrogen) atoms. The summed E-state index contributed by atoms with van der Waals surface area (Å²) in [5.41, 5.74) is 0. The molecule has 0 aromatic carbocycles. The van der Waals surface area contributed by atoms with Gasteiger partial charge in [-0.2, -0.15) is 0 Å². The van der Waals surface area contributed by atoms with Crippen molar-refractivity contribution in [3.8, 4) is 0 Å². The molecule has 0 aliphatic rings. The summed E-state index contributed by atoms with van der Waals surface area (Å²) in [5, 5.41) is 28.6. The van der Waals surface area contributed by atoms with Gasteiger partial charge in [0.05, 0.1) is 0 Å². The zero-order chi connectivity index (χ0) is 14.9. The van der Waals surface area contributed by atoms with Crippen molar-refractivity contribution in [2.45, 2.75) is 73.7 Å². The number of rotatable bonds is 2. The van der Waals surface area contributed by atoms with Gasteiger partial charge >= 0.3 is 17.4 Å². The summed E-state index contributed by atoms with van der Waals surface area (Å²) in [4.78, 5) is 0. The Labute approximate surface area is 125 Å². The van der Waals surface area contributed by atoms with Crippen LogP contribution in [-0.2, 0) is 4.74 Å². The van der Waals surface area contributed by atoms with E-state index >= 15 is 0 Å². The molecule has 0 amide bonds. The van der Waals surface area contributed by atoms with Gasteiger partial charge in [0.25, 0.3) is 0 Å². The zero-order valence-electron chi connectivity index (χ0n) is 13.4. The summed E-state index contributed by atoms with van der Waals surface area (Å²) in [6.45, 7) is 15.3. The first-order valence-corrected chi connectivity index (χ1v) is 6.16. The van der Waals surface area contributed by atoms with Crippen molar-refractivity contribution < 1.29 is 20.1 Å². The van der Waals surface area contributed by atoms with Gasteiger partial charge in [0.15, 0.2) is 0 Å². The van der Waals surface area contributed by atoms with Crippen LogP contribution in [0.15, 0.2) is 0 Å². The molecule has 0 saturated heterocycles. The Morgan fingerprint density at radius 2 is 0.778 bits per heavy atom. The quantitative estimate of drug-likeness (QED) is 0.662. The Balaban J connectivity index is -0.0000000412. The Hall–Kier alpha value is 0.372. The second-order valence-corrected chi connectivity index (χ2v) is 3.93. The van der Waals surface area contributed by atoms with E-state index in [0.29, 0.717) is 0 Å². The van der Waals surface area contributed by atoms with E-state index in [4.69, 9.17) is 4.74 Å². The molecule has 0 unspecified atom stereocenters. The van der Waals surface area contributed by atoms with Gasteiger partial charge in [0.2, 0.25) is 0 Å². The average molecular weight is 278 g/mol. The third-order valence-corrected chi connectivity index (χ3v) is 0.408. The van der Waals surface area contributed by atoms with Crippen molar-refractivity contribution in [2.75, 3.05) is 13.2 Å². The van der Waals surface area contributed by atoms with E-state index in [1.54, 1.807) is 41.5 Å². The second kappa shape index (κ2) is 30.4. The Morgan fingerprint density at radius 3 is 0.778 bits per heavy atom. The minimum atomic E-state index is -0.417. The molecule has 0 aromatic rings. The molecule has 0 radical (unpaired) electrons. The summed E-state index contributed by atoms with van der Waals surface area (Å²) in [6.07, 6.45) is -1.25. The maximum Gasteiger partial charge on any atom is 3.00 e. The standard InChI is InChI=1S/C4H10O.3C3H7O.Al/c1-3-5-4-2;3*1-3(2)4;/h3-4H2,1-2H3;3*3H,1-2H3;/q;3*-1;+3. The molecule has 110 valence electrons. The smallest absolute Gasteiger partial charge is 0.852 e. The molecule has 4 nitrogen and oxygen atoms in total. The Morgan fingerprint density at radius 1 is 0.667 bits per heavy atom. The molecule has 0 rings (SSSR count). The van der Waals surface area contributed by atoms with Crippen molar-refractivity contribution in [3.63, 3.8) is 0 Å². The van der Waals surface area contributed by atoms with Crippen molar-refractivity contribution in [1.82, 2.24) is 0 Å². The van der Waals surface area contributed by atoms with Crippen LogP contribution < -0.4 is 15.3 Å². The third kappa shape index (κ3) is 687. The minimum absolute atomic E-state index is 0. The molecular weight excluding hydrogens is 247 g/mol. The van der Waals surface area contributed by atoms with E-state index in [9.17, 15) is 15.3 Å². The first kappa shape index (κ1) is 31.0. The maximum absolute atomic E-state index is 9.53. The largest absolute Gasteiger partial charge is 3.00 e. The van der Waals surface area contributed by atoms with Gasteiger partial charge in [-0.15, -0.1) is 18.3 Å². The van der Waals surface area contributed by atoms with Crippen LogP contribution in [0.5, 0.6) is 0 Å². The van der Waals surface area contributed by atoms with Crippen molar-refractivity contribution in [3.05, 3.63) is 0 Å². The molecule has 0 aromatic heterocycles. The van der Waals surface area contributed by atoms with Gasteiger partial charge in [0.1, 0.15) is 0 Å². The number of ether oxygens (including phenoxy) is 1. The predicted octanol–water partition coefficient (Wildman–Crippen LogP) is -0.0727. The predicted molar refractivity (Wildman–Crippen MR) is 73.3 cm³/mol. The van der Waals surface area contributed by atoms with Crippen LogP contribution in [-0.4, -0.2) is 48.9 Å². The van der Waals surface area contributed by atoms with E-state index in [1.165, 1.54) is 0 Å². The van der Waals surface area contributed by atoms with Crippen LogP contribution in [0.4, 0.5) is 0 Å². The topological polar surface area (TPSA) is 78.4 Å². The summed E-state index contributed by atoms with van der Waals surface area (Å²) in [6, 6.07) is 0. The van der Waals surface area contributed by atoms with Crippen LogP contribution in [0, 0.1) is 0 Å². The zero-order valence-corrected chi connectivity index (χ0v) is 14.5.